The van der Waals surface area contributed by atoms with Gasteiger partial charge in [-0.1, -0.05) is 36.4 Å². The number of carboxylic acids is 4. The number of hydrogen-bond acceptors (Lipinski definition) is 4. The molecule has 0 radical (unpaired) electrons. The molecule has 0 amide bonds. The molecule has 0 aromatic heterocycles. The van der Waals surface area contributed by atoms with Crippen molar-refractivity contribution in [2.24, 2.45) is 0 Å². The normalized spacial score (nSPS) is 10.1. The van der Waals surface area contributed by atoms with E-state index in [2.05, 4.69) is 0 Å². The molecule has 0 atom stereocenters. The molecule has 0 fully saturated rings. The maximum Gasteiger partial charge on any atom is 0.335 e. The predicted octanol–water partition coefficient (Wildman–Crippen LogP) is 3.20. The molecule has 0 aliphatic carbocycles. The average Bonchev–Trinajstić information content (AvgIpc) is 2.70. The molecule has 0 bridgehead atoms. The molecule has 4 N–H and O–H groups in total. The molecule has 0 spiro atoms. The summed E-state index contributed by atoms with van der Waals surface area (Å²) >= 11 is 0. The Hall–Kier alpha value is -3.94. The van der Waals surface area contributed by atoms with Crippen LogP contribution in [0.4, 0.5) is 0 Å². The molecular formula is C22H22O8. The Morgan fingerprint density at radius 2 is 1.10 bits per heavy atom. The van der Waals surface area contributed by atoms with Crippen molar-refractivity contribution in [2.75, 3.05) is 0 Å². The van der Waals surface area contributed by atoms with Gasteiger partial charge < -0.3 is 20.4 Å². The molecule has 8 heteroatoms. The number of carboxylic acid groups (broad SMARTS) is 4. The molecule has 0 aliphatic heterocycles. The van der Waals surface area contributed by atoms with E-state index >= 15 is 0 Å². The minimum atomic E-state index is -1.03. The zero-order valence-corrected chi connectivity index (χ0v) is 16.0. The highest BCUT2D eigenvalue weighted by Gasteiger charge is 2.02. The molecule has 30 heavy (non-hydrogen) atoms. The smallest absolute Gasteiger partial charge is 0.335 e. The lowest BCUT2D eigenvalue weighted by Crippen LogP contribution is -1.99. The standard InChI is InChI=1S/C12H14O4.C10H8O4/c13-11(14)7-5-9-1-2-10(4-3-9)6-8-12(15)16;11-9(12)6-3-7-1-4-8(5-2-7)10(13)14/h1-4H,5-8H2,(H,13,14)(H,15,16);1-6H,(H,11,12)(H,13,14). The fourth-order valence-corrected chi connectivity index (χ4v) is 2.28. The van der Waals surface area contributed by atoms with Gasteiger partial charge in [0.2, 0.25) is 0 Å². The molecule has 0 saturated heterocycles. The van der Waals surface area contributed by atoms with Crippen LogP contribution in [0.5, 0.6) is 0 Å². The Labute approximate surface area is 172 Å². The van der Waals surface area contributed by atoms with Gasteiger partial charge in [-0.3, -0.25) is 9.59 Å². The fraction of sp³-hybridized carbons (Fsp3) is 0.182. The van der Waals surface area contributed by atoms with Crippen molar-refractivity contribution in [2.45, 2.75) is 25.7 Å². The van der Waals surface area contributed by atoms with E-state index in [4.69, 9.17) is 20.4 Å². The van der Waals surface area contributed by atoms with Gasteiger partial charge in [-0.15, -0.1) is 0 Å². The zero-order valence-electron chi connectivity index (χ0n) is 16.0. The number of rotatable bonds is 9. The summed E-state index contributed by atoms with van der Waals surface area (Å²) in [5.74, 6) is -3.66. The number of aromatic carboxylic acids is 1. The fourth-order valence-electron chi connectivity index (χ4n) is 2.28. The second-order valence-electron chi connectivity index (χ2n) is 6.20. The molecular weight excluding hydrogens is 392 g/mol. The molecule has 0 aliphatic rings. The van der Waals surface area contributed by atoms with E-state index in [9.17, 15) is 19.2 Å². The first-order valence-electron chi connectivity index (χ1n) is 8.93. The van der Waals surface area contributed by atoms with E-state index in [1.807, 2.05) is 24.3 Å². The summed E-state index contributed by atoms with van der Waals surface area (Å²) in [6.07, 6.45) is 3.65. The molecule has 2 aromatic carbocycles. The van der Waals surface area contributed by atoms with Crippen molar-refractivity contribution < 1.29 is 39.6 Å². The zero-order chi connectivity index (χ0) is 22.5. The Morgan fingerprint density at radius 1 is 0.667 bits per heavy atom. The SMILES string of the molecule is O=C(O)C=Cc1ccc(C(=O)O)cc1.O=C(O)CCc1ccc(CCC(=O)O)cc1. The molecule has 0 heterocycles. The summed E-state index contributed by atoms with van der Waals surface area (Å²) in [4.78, 5) is 41.3. The van der Waals surface area contributed by atoms with Gasteiger partial charge in [0, 0.05) is 18.9 Å². The molecule has 8 nitrogen and oxygen atoms in total. The van der Waals surface area contributed by atoms with Crippen LogP contribution in [0, 0.1) is 0 Å². The van der Waals surface area contributed by atoms with E-state index in [0.29, 0.717) is 18.4 Å². The number of benzene rings is 2. The minimum Gasteiger partial charge on any atom is -0.481 e. The number of hydrogen-bond donors (Lipinski definition) is 4. The number of aliphatic carboxylic acids is 3. The highest BCUT2D eigenvalue weighted by atomic mass is 16.4. The van der Waals surface area contributed by atoms with E-state index in [-0.39, 0.29) is 18.4 Å². The van der Waals surface area contributed by atoms with E-state index in [1.54, 1.807) is 12.1 Å². The van der Waals surface area contributed by atoms with Crippen LogP contribution in [0.2, 0.25) is 0 Å². The summed E-state index contributed by atoms with van der Waals surface area (Å²) in [6.45, 7) is 0. The number of carbonyl (C=O) groups is 4. The van der Waals surface area contributed by atoms with Crippen LogP contribution in [-0.2, 0) is 27.2 Å². The van der Waals surface area contributed by atoms with Crippen molar-refractivity contribution >= 4 is 30.0 Å². The molecule has 2 rings (SSSR count). The van der Waals surface area contributed by atoms with Crippen LogP contribution in [0.1, 0.15) is 39.9 Å². The van der Waals surface area contributed by atoms with Crippen molar-refractivity contribution in [1.82, 2.24) is 0 Å². The Balaban J connectivity index is 0.000000303. The molecule has 2 aromatic rings. The lowest BCUT2D eigenvalue weighted by Gasteiger charge is -2.01. The average molecular weight is 414 g/mol. The van der Waals surface area contributed by atoms with Gasteiger partial charge in [-0.2, -0.15) is 0 Å². The second-order valence-corrected chi connectivity index (χ2v) is 6.20. The lowest BCUT2D eigenvalue weighted by atomic mass is 10.0. The summed E-state index contributed by atoms with van der Waals surface area (Å²) in [6, 6.07) is 13.3. The molecule has 0 unspecified atom stereocenters. The van der Waals surface area contributed by atoms with Crippen LogP contribution < -0.4 is 0 Å². The van der Waals surface area contributed by atoms with Crippen LogP contribution in [-0.4, -0.2) is 44.3 Å². The van der Waals surface area contributed by atoms with Crippen molar-refractivity contribution in [3.63, 3.8) is 0 Å². The van der Waals surface area contributed by atoms with Crippen molar-refractivity contribution in [3.05, 3.63) is 76.9 Å². The van der Waals surface area contributed by atoms with Gasteiger partial charge in [-0.05, 0) is 47.7 Å². The van der Waals surface area contributed by atoms with Gasteiger partial charge in [-0.25, -0.2) is 9.59 Å². The second kappa shape index (κ2) is 12.5. The van der Waals surface area contributed by atoms with Crippen LogP contribution in [0.15, 0.2) is 54.6 Å². The van der Waals surface area contributed by atoms with E-state index in [0.717, 1.165) is 17.2 Å². The van der Waals surface area contributed by atoms with Gasteiger partial charge in [0.15, 0.2) is 0 Å². The Morgan fingerprint density at radius 3 is 1.43 bits per heavy atom. The highest BCUT2D eigenvalue weighted by Crippen LogP contribution is 2.09. The summed E-state index contributed by atoms with van der Waals surface area (Å²) < 4.78 is 0. The van der Waals surface area contributed by atoms with Crippen molar-refractivity contribution in [3.8, 4) is 0 Å². The van der Waals surface area contributed by atoms with Gasteiger partial charge in [0.05, 0.1) is 5.56 Å². The predicted molar refractivity (Wildman–Crippen MR) is 108 cm³/mol. The first kappa shape index (κ1) is 24.1. The topological polar surface area (TPSA) is 149 Å². The van der Waals surface area contributed by atoms with Crippen LogP contribution >= 0.6 is 0 Å². The van der Waals surface area contributed by atoms with E-state index < -0.39 is 23.9 Å². The van der Waals surface area contributed by atoms with Crippen LogP contribution in [0.3, 0.4) is 0 Å². The van der Waals surface area contributed by atoms with Gasteiger partial charge in [0.25, 0.3) is 0 Å². The monoisotopic (exact) mass is 414 g/mol. The third-order valence-corrected chi connectivity index (χ3v) is 3.85. The van der Waals surface area contributed by atoms with Gasteiger partial charge in [0.1, 0.15) is 0 Å². The largest absolute Gasteiger partial charge is 0.481 e. The van der Waals surface area contributed by atoms with Crippen LogP contribution in [0.25, 0.3) is 6.08 Å². The maximum absolute atomic E-state index is 10.5. The molecule has 0 saturated carbocycles. The van der Waals surface area contributed by atoms with Crippen molar-refractivity contribution in [1.29, 1.82) is 0 Å². The third-order valence-electron chi connectivity index (χ3n) is 3.85. The van der Waals surface area contributed by atoms with Gasteiger partial charge >= 0.3 is 23.9 Å². The molecule has 158 valence electrons. The third kappa shape index (κ3) is 10.4. The van der Waals surface area contributed by atoms with E-state index in [1.165, 1.54) is 18.2 Å². The Bertz CT molecular complexity index is 859. The Kier molecular flexibility index (Phi) is 10.0. The summed E-state index contributed by atoms with van der Waals surface area (Å²) in [5, 5.41) is 33.9. The summed E-state index contributed by atoms with van der Waals surface area (Å²) in [7, 11) is 0. The summed E-state index contributed by atoms with van der Waals surface area (Å²) in [5.41, 5.74) is 2.75. The maximum atomic E-state index is 10.5. The lowest BCUT2D eigenvalue weighted by molar-refractivity contribution is -0.138. The first-order chi connectivity index (χ1) is 14.2. The first-order valence-corrected chi connectivity index (χ1v) is 8.93. The highest BCUT2D eigenvalue weighted by molar-refractivity contribution is 5.88. The quantitative estimate of drug-likeness (QED) is 0.457. The minimum absolute atomic E-state index is 0.120. The number of aryl methyl sites for hydroxylation is 2.